The number of nitrogens with zero attached hydrogens (tertiary/aromatic N) is 1. The quantitative estimate of drug-likeness (QED) is 0.151. The molecular formula is C51H45B2NO2S. The maximum atomic E-state index is 6.95. The van der Waals surface area contributed by atoms with Crippen LogP contribution in [0.1, 0.15) is 76.0 Å². The standard InChI is InChI=1S/C51H45B2NO2S/c1-31(2)34-25-38(32(3)4)50(39(26-34)33(5)6)52-40-21-13-15-23-44(40)55-46-30-48-43(29-42(46)52)53-41-22-14-16-24-45(41)56-47-27-37(28-49(57-48)51(47)53)54(35-17-9-7-10-18-35)36-19-11-8-12-20-36/h7-33H,1-6H3. The average Bonchev–Trinajstić information content (AvgIpc) is 3.22. The second-order valence-corrected chi connectivity index (χ2v) is 17.7. The van der Waals surface area contributed by atoms with Crippen LogP contribution in [0.5, 0.6) is 23.0 Å². The Kier molecular flexibility index (Phi) is 8.86. The van der Waals surface area contributed by atoms with E-state index < -0.39 is 0 Å². The summed E-state index contributed by atoms with van der Waals surface area (Å²) in [4.78, 5) is 4.75. The molecule has 0 spiro atoms. The van der Waals surface area contributed by atoms with Crippen molar-refractivity contribution in [3.05, 3.63) is 162 Å². The topological polar surface area (TPSA) is 21.7 Å². The minimum Gasteiger partial charge on any atom is -0.458 e. The van der Waals surface area contributed by atoms with E-state index >= 15 is 0 Å². The number of anilines is 3. The third-order valence-electron chi connectivity index (χ3n) is 12.0. The summed E-state index contributed by atoms with van der Waals surface area (Å²) in [6, 6.07) is 53.0. The van der Waals surface area contributed by atoms with E-state index in [2.05, 4.69) is 192 Å². The highest BCUT2D eigenvalue weighted by Gasteiger charge is 2.43. The normalized spacial score (nSPS) is 13.4. The predicted octanol–water partition coefficient (Wildman–Crippen LogP) is 10.2. The van der Waals surface area contributed by atoms with Crippen LogP contribution in [-0.2, 0) is 0 Å². The highest BCUT2D eigenvalue weighted by molar-refractivity contribution is 8.00. The minimum absolute atomic E-state index is 0.00715. The van der Waals surface area contributed by atoms with E-state index in [1.807, 2.05) is 11.8 Å². The number of para-hydroxylation sites is 4. The van der Waals surface area contributed by atoms with Crippen molar-refractivity contribution in [1.29, 1.82) is 0 Å². The zero-order chi connectivity index (χ0) is 38.9. The summed E-state index contributed by atoms with van der Waals surface area (Å²) >= 11 is 1.83. The molecule has 3 aliphatic heterocycles. The number of fused-ring (bicyclic) bond motifs is 6. The third-order valence-corrected chi connectivity index (χ3v) is 13.1. The number of hydrogen-bond donors (Lipinski definition) is 0. The van der Waals surface area contributed by atoms with E-state index in [-0.39, 0.29) is 13.4 Å². The summed E-state index contributed by atoms with van der Waals surface area (Å²) in [6.07, 6.45) is 0. The number of ether oxygens (including phenoxy) is 2. The van der Waals surface area contributed by atoms with E-state index in [1.165, 1.54) is 59.3 Å². The molecule has 3 nitrogen and oxygen atoms in total. The fourth-order valence-corrected chi connectivity index (χ4v) is 10.5. The summed E-state index contributed by atoms with van der Waals surface area (Å²) in [5, 5.41) is 0. The van der Waals surface area contributed by atoms with Crippen molar-refractivity contribution in [3.8, 4) is 23.0 Å². The van der Waals surface area contributed by atoms with Crippen LogP contribution < -0.4 is 47.2 Å². The SMILES string of the molecule is CC(C)c1cc(C(C)C)c(B2c3ccccc3Oc3cc4c(cc32)B2c3ccccc3Oc3cc(N(c5ccccc5)c5ccccc5)cc(c32)S4)c(C(C)C)c1. The molecular weight excluding hydrogens is 712 g/mol. The Hall–Kier alpha value is -5.58. The van der Waals surface area contributed by atoms with Gasteiger partial charge < -0.3 is 14.4 Å². The van der Waals surface area contributed by atoms with Crippen LogP contribution in [0.15, 0.2) is 155 Å². The molecule has 0 aliphatic carbocycles. The molecule has 6 heteroatoms. The number of rotatable bonds is 7. The van der Waals surface area contributed by atoms with Crippen molar-refractivity contribution in [1.82, 2.24) is 0 Å². The molecule has 7 aromatic rings. The van der Waals surface area contributed by atoms with Crippen molar-refractivity contribution >= 4 is 75.0 Å². The van der Waals surface area contributed by atoms with Crippen molar-refractivity contribution in [2.75, 3.05) is 4.90 Å². The first kappa shape index (κ1) is 35.8. The number of hydrogen-bond acceptors (Lipinski definition) is 4. The molecule has 0 saturated carbocycles. The van der Waals surface area contributed by atoms with Crippen LogP contribution in [0.4, 0.5) is 17.1 Å². The Labute approximate surface area is 342 Å². The second kappa shape index (κ2) is 14.1. The zero-order valence-corrected chi connectivity index (χ0v) is 34.2. The molecule has 0 saturated heterocycles. The first-order valence-electron chi connectivity index (χ1n) is 20.4. The smallest absolute Gasteiger partial charge is 0.253 e. The monoisotopic (exact) mass is 757 g/mol. The summed E-state index contributed by atoms with van der Waals surface area (Å²) < 4.78 is 13.9. The predicted molar refractivity (Wildman–Crippen MR) is 243 cm³/mol. The van der Waals surface area contributed by atoms with Gasteiger partial charge in [-0.25, -0.2) is 0 Å². The van der Waals surface area contributed by atoms with Gasteiger partial charge in [-0.15, -0.1) is 0 Å². The molecule has 0 N–H and O–H groups in total. The van der Waals surface area contributed by atoms with Gasteiger partial charge in [-0.05, 0) is 105 Å². The van der Waals surface area contributed by atoms with Crippen molar-refractivity contribution in [2.45, 2.75) is 69.1 Å². The van der Waals surface area contributed by atoms with Crippen LogP contribution in [0, 0.1) is 0 Å². The molecule has 0 atom stereocenters. The summed E-state index contributed by atoms with van der Waals surface area (Å²) in [5.41, 5.74) is 15.2. The Bertz CT molecular complexity index is 2610. The van der Waals surface area contributed by atoms with Crippen molar-refractivity contribution in [3.63, 3.8) is 0 Å². The molecule has 7 aromatic carbocycles. The van der Waals surface area contributed by atoms with Gasteiger partial charge in [-0.1, -0.05) is 155 Å². The van der Waals surface area contributed by atoms with Gasteiger partial charge in [0.25, 0.3) is 13.4 Å². The van der Waals surface area contributed by atoms with Gasteiger partial charge in [0.1, 0.15) is 23.0 Å². The Morgan fingerprint density at radius 1 is 0.421 bits per heavy atom. The molecule has 0 unspecified atom stereocenters. The highest BCUT2D eigenvalue weighted by atomic mass is 32.2. The lowest BCUT2D eigenvalue weighted by atomic mass is 9.31. The number of benzene rings is 7. The van der Waals surface area contributed by atoms with Gasteiger partial charge in [0.2, 0.25) is 0 Å². The molecule has 0 bridgehead atoms. The van der Waals surface area contributed by atoms with Gasteiger partial charge in [0, 0.05) is 27.2 Å². The zero-order valence-electron chi connectivity index (χ0n) is 33.4. The minimum atomic E-state index is 0.00715. The van der Waals surface area contributed by atoms with Crippen LogP contribution in [0.3, 0.4) is 0 Å². The van der Waals surface area contributed by atoms with Gasteiger partial charge in [-0.3, -0.25) is 0 Å². The summed E-state index contributed by atoms with van der Waals surface area (Å²) in [7, 11) is 0. The molecule has 3 heterocycles. The highest BCUT2D eigenvalue weighted by Crippen LogP contribution is 2.44. The van der Waals surface area contributed by atoms with E-state index in [9.17, 15) is 0 Å². The molecule has 0 radical (unpaired) electrons. The molecule has 57 heavy (non-hydrogen) atoms. The first-order chi connectivity index (χ1) is 27.7. The first-order valence-corrected chi connectivity index (χ1v) is 21.2. The average molecular weight is 758 g/mol. The maximum absolute atomic E-state index is 6.95. The van der Waals surface area contributed by atoms with Crippen LogP contribution in [0.2, 0.25) is 0 Å². The largest absolute Gasteiger partial charge is 0.458 e. The second-order valence-electron chi connectivity index (χ2n) is 16.6. The Morgan fingerprint density at radius 2 is 0.947 bits per heavy atom. The van der Waals surface area contributed by atoms with Gasteiger partial charge in [0.15, 0.2) is 0 Å². The molecule has 3 aliphatic rings. The Balaban J connectivity index is 1.20. The molecule has 0 fully saturated rings. The lowest BCUT2D eigenvalue weighted by Crippen LogP contribution is -2.61. The van der Waals surface area contributed by atoms with Gasteiger partial charge in [0.05, 0.1) is 5.69 Å². The fraction of sp³-hybridized carbons (Fsp3) is 0.176. The lowest BCUT2D eigenvalue weighted by Gasteiger charge is -2.37. The van der Waals surface area contributed by atoms with E-state index in [0.29, 0.717) is 17.8 Å². The maximum Gasteiger partial charge on any atom is 0.253 e. The lowest BCUT2D eigenvalue weighted by molar-refractivity contribution is 0.485. The van der Waals surface area contributed by atoms with E-state index in [4.69, 9.17) is 9.47 Å². The van der Waals surface area contributed by atoms with Crippen LogP contribution in [0.25, 0.3) is 0 Å². The van der Waals surface area contributed by atoms with E-state index in [1.54, 1.807) is 0 Å². The molecule has 10 rings (SSSR count). The van der Waals surface area contributed by atoms with Crippen molar-refractivity contribution in [2.24, 2.45) is 0 Å². The molecule has 0 aromatic heterocycles. The van der Waals surface area contributed by atoms with Gasteiger partial charge in [-0.2, -0.15) is 0 Å². The van der Waals surface area contributed by atoms with Crippen LogP contribution >= 0.6 is 11.8 Å². The Morgan fingerprint density at radius 3 is 1.51 bits per heavy atom. The fourth-order valence-electron chi connectivity index (χ4n) is 9.28. The summed E-state index contributed by atoms with van der Waals surface area (Å²) in [5.74, 6) is 4.87. The van der Waals surface area contributed by atoms with Crippen molar-refractivity contribution < 1.29 is 9.47 Å². The van der Waals surface area contributed by atoms with Gasteiger partial charge >= 0.3 is 0 Å². The van der Waals surface area contributed by atoms with Crippen LogP contribution in [-0.4, -0.2) is 13.4 Å². The summed E-state index contributed by atoms with van der Waals surface area (Å²) in [6.45, 7) is 14.1. The molecule has 0 amide bonds. The molecule has 278 valence electrons. The third kappa shape index (κ3) is 6.00. The van der Waals surface area contributed by atoms with E-state index in [0.717, 1.165) is 40.1 Å².